The SMILES string of the molecule is CC(N)Cc1ccc2c(c1O)OCO2. The van der Waals surface area contributed by atoms with Gasteiger partial charge in [0, 0.05) is 6.04 Å². The van der Waals surface area contributed by atoms with E-state index in [-0.39, 0.29) is 18.6 Å². The molecule has 0 aliphatic carbocycles. The molecule has 0 radical (unpaired) electrons. The summed E-state index contributed by atoms with van der Waals surface area (Å²) >= 11 is 0. The van der Waals surface area contributed by atoms with Gasteiger partial charge in [0.05, 0.1) is 0 Å². The van der Waals surface area contributed by atoms with Crippen LogP contribution in [0, 0.1) is 0 Å². The second kappa shape index (κ2) is 3.38. The summed E-state index contributed by atoms with van der Waals surface area (Å²) in [4.78, 5) is 0. The molecule has 1 atom stereocenters. The van der Waals surface area contributed by atoms with Crippen molar-refractivity contribution in [2.45, 2.75) is 19.4 Å². The Balaban J connectivity index is 2.35. The minimum Gasteiger partial charge on any atom is -0.504 e. The van der Waals surface area contributed by atoms with Gasteiger partial charge < -0.3 is 20.3 Å². The third-order valence-corrected chi connectivity index (χ3v) is 2.14. The Labute approximate surface area is 82.2 Å². The molecule has 4 heteroatoms. The van der Waals surface area contributed by atoms with Crippen LogP contribution in [-0.2, 0) is 6.42 Å². The number of aromatic hydroxyl groups is 1. The van der Waals surface area contributed by atoms with Crippen LogP contribution < -0.4 is 15.2 Å². The van der Waals surface area contributed by atoms with Crippen molar-refractivity contribution in [1.29, 1.82) is 0 Å². The molecule has 1 aliphatic heterocycles. The predicted octanol–water partition coefficient (Wildman–Crippen LogP) is 1.01. The molecule has 4 nitrogen and oxygen atoms in total. The first-order valence-electron chi connectivity index (χ1n) is 4.54. The van der Waals surface area contributed by atoms with Gasteiger partial charge in [-0.25, -0.2) is 0 Å². The Bertz CT molecular complexity index is 349. The molecule has 1 aromatic carbocycles. The Hall–Kier alpha value is -1.42. The van der Waals surface area contributed by atoms with Gasteiger partial charge in [0.25, 0.3) is 0 Å². The van der Waals surface area contributed by atoms with Gasteiger partial charge in [-0.15, -0.1) is 0 Å². The summed E-state index contributed by atoms with van der Waals surface area (Å²) in [5.74, 6) is 1.18. The van der Waals surface area contributed by atoms with Gasteiger partial charge in [-0.2, -0.15) is 0 Å². The van der Waals surface area contributed by atoms with Crippen LogP contribution in [0.3, 0.4) is 0 Å². The van der Waals surface area contributed by atoms with Crippen molar-refractivity contribution in [1.82, 2.24) is 0 Å². The fraction of sp³-hybridized carbons (Fsp3) is 0.400. The van der Waals surface area contributed by atoms with Crippen LogP contribution in [0.15, 0.2) is 12.1 Å². The zero-order chi connectivity index (χ0) is 10.1. The van der Waals surface area contributed by atoms with E-state index < -0.39 is 0 Å². The first-order valence-corrected chi connectivity index (χ1v) is 4.54. The van der Waals surface area contributed by atoms with Gasteiger partial charge in [-0.05, 0) is 25.0 Å². The number of phenols is 1. The minimum absolute atomic E-state index is 0.0151. The van der Waals surface area contributed by atoms with Gasteiger partial charge in [0.15, 0.2) is 11.5 Å². The Morgan fingerprint density at radius 1 is 1.50 bits per heavy atom. The van der Waals surface area contributed by atoms with Crippen LogP contribution in [0.2, 0.25) is 0 Å². The van der Waals surface area contributed by atoms with E-state index in [1.807, 2.05) is 13.0 Å². The van der Waals surface area contributed by atoms with Crippen LogP contribution in [-0.4, -0.2) is 17.9 Å². The van der Waals surface area contributed by atoms with Crippen LogP contribution in [0.5, 0.6) is 17.2 Å². The molecule has 0 bridgehead atoms. The third kappa shape index (κ3) is 1.48. The molecule has 0 saturated carbocycles. The van der Waals surface area contributed by atoms with E-state index in [1.54, 1.807) is 6.07 Å². The second-order valence-corrected chi connectivity index (χ2v) is 3.49. The van der Waals surface area contributed by atoms with Crippen molar-refractivity contribution < 1.29 is 14.6 Å². The van der Waals surface area contributed by atoms with E-state index in [9.17, 15) is 5.11 Å². The average Bonchev–Trinajstić information content (AvgIpc) is 2.57. The standard InChI is InChI=1S/C10H13NO3/c1-6(11)4-7-2-3-8-10(9(7)12)14-5-13-8/h2-3,6,12H,4-5,11H2,1H3. The number of hydrogen-bond donors (Lipinski definition) is 2. The van der Waals surface area contributed by atoms with Crippen molar-refractivity contribution >= 4 is 0 Å². The topological polar surface area (TPSA) is 64.7 Å². The summed E-state index contributed by atoms with van der Waals surface area (Å²) in [6.45, 7) is 2.06. The summed E-state index contributed by atoms with van der Waals surface area (Å²) in [5, 5.41) is 9.80. The average molecular weight is 195 g/mol. The fourth-order valence-electron chi connectivity index (χ4n) is 1.51. The fourth-order valence-corrected chi connectivity index (χ4v) is 1.51. The molecule has 0 spiro atoms. The molecule has 1 unspecified atom stereocenters. The number of phenolic OH excluding ortho intramolecular Hbond substituents is 1. The zero-order valence-corrected chi connectivity index (χ0v) is 7.99. The molecule has 1 aliphatic rings. The highest BCUT2D eigenvalue weighted by Gasteiger charge is 2.20. The number of nitrogens with two attached hydrogens (primary N) is 1. The Kier molecular flexibility index (Phi) is 2.21. The molecule has 14 heavy (non-hydrogen) atoms. The quantitative estimate of drug-likeness (QED) is 0.739. The lowest BCUT2D eigenvalue weighted by atomic mass is 10.1. The maximum Gasteiger partial charge on any atom is 0.231 e. The van der Waals surface area contributed by atoms with Gasteiger partial charge >= 0.3 is 0 Å². The highest BCUT2D eigenvalue weighted by atomic mass is 16.7. The van der Waals surface area contributed by atoms with Crippen molar-refractivity contribution in [3.05, 3.63) is 17.7 Å². The number of ether oxygens (including phenoxy) is 2. The molecule has 0 saturated heterocycles. The van der Waals surface area contributed by atoms with Gasteiger partial charge in [0.2, 0.25) is 12.5 Å². The van der Waals surface area contributed by atoms with E-state index >= 15 is 0 Å². The monoisotopic (exact) mass is 195 g/mol. The predicted molar refractivity (Wildman–Crippen MR) is 51.6 cm³/mol. The molecule has 3 N–H and O–H groups in total. The van der Waals surface area contributed by atoms with Crippen LogP contribution in [0.4, 0.5) is 0 Å². The molecule has 76 valence electrons. The summed E-state index contributed by atoms with van der Waals surface area (Å²) in [7, 11) is 0. The van der Waals surface area contributed by atoms with E-state index in [1.165, 1.54) is 0 Å². The van der Waals surface area contributed by atoms with Gasteiger partial charge in [-0.3, -0.25) is 0 Å². The molecule has 1 aromatic rings. The number of benzene rings is 1. The first kappa shape index (κ1) is 9.15. The van der Waals surface area contributed by atoms with Crippen molar-refractivity contribution in [2.75, 3.05) is 6.79 Å². The lowest BCUT2D eigenvalue weighted by Crippen LogP contribution is -2.17. The zero-order valence-electron chi connectivity index (χ0n) is 7.99. The maximum absolute atomic E-state index is 9.80. The van der Waals surface area contributed by atoms with Crippen molar-refractivity contribution in [2.24, 2.45) is 5.73 Å². The minimum atomic E-state index is 0.0151. The largest absolute Gasteiger partial charge is 0.504 e. The highest BCUT2D eigenvalue weighted by Crippen LogP contribution is 2.42. The molecular weight excluding hydrogens is 182 g/mol. The maximum atomic E-state index is 9.80. The van der Waals surface area contributed by atoms with Crippen LogP contribution >= 0.6 is 0 Å². The molecule has 1 heterocycles. The van der Waals surface area contributed by atoms with Gasteiger partial charge in [0.1, 0.15) is 0 Å². The van der Waals surface area contributed by atoms with E-state index in [0.717, 1.165) is 5.56 Å². The Morgan fingerprint density at radius 3 is 3.00 bits per heavy atom. The van der Waals surface area contributed by atoms with Crippen molar-refractivity contribution in [3.8, 4) is 17.2 Å². The smallest absolute Gasteiger partial charge is 0.231 e. The van der Waals surface area contributed by atoms with E-state index in [2.05, 4.69) is 0 Å². The van der Waals surface area contributed by atoms with Gasteiger partial charge in [-0.1, -0.05) is 6.07 Å². The number of fused-ring (bicyclic) bond motifs is 1. The Morgan fingerprint density at radius 2 is 2.29 bits per heavy atom. The summed E-state index contributed by atoms with van der Waals surface area (Å²) in [6.07, 6.45) is 0.627. The lowest BCUT2D eigenvalue weighted by Gasteiger charge is -2.08. The molecular formula is C10H13NO3. The summed E-state index contributed by atoms with van der Waals surface area (Å²) in [6, 6.07) is 3.62. The third-order valence-electron chi connectivity index (χ3n) is 2.14. The number of hydrogen-bond acceptors (Lipinski definition) is 4. The van der Waals surface area contributed by atoms with Crippen LogP contribution in [0.25, 0.3) is 0 Å². The highest BCUT2D eigenvalue weighted by molar-refractivity contribution is 5.56. The van der Waals surface area contributed by atoms with Crippen LogP contribution in [0.1, 0.15) is 12.5 Å². The first-order chi connectivity index (χ1) is 6.68. The van der Waals surface area contributed by atoms with Crippen molar-refractivity contribution in [3.63, 3.8) is 0 Å². The molecule has 0 aromatic heterocycles. The lowest BCUT2D eigenvalue weighted by molar-refractivity contribution is 0.171. The normalized spacial score (nSPS) is 15.6. The second-order valence-electron chi connectivity index (χ2n) is 3.49. The summed E-state index contributed by atoms with van der Waals surface area (Å²) < 4.78 is 10.3. The molecule has 0 fully saturated rings. The molecule has 0 amide bonds. The molecule has 2 rings (SSSR count). The van der Waals surface area contributed by atoms with E-state index in [0.29, 0.717) is 17.9 Å². The number of rotatable bonds is 2. The summed E-state index contributed by atoms with van der Waals surface area (Å²) in [5.41, 5.74) is 6.45. The van der Waals surface area contributed by atoms with E-state index in [4.69, 9.17) is 15.2 Å².